The van der Waals surface area contributed by atoms with Crippen LogP contribution in [0.25, 0.3) is 10.9 Å². The largest absolute Gasteiger partial charge is 0.465 e. The Labute approximate surface area is 196 Å². The number of nitrogens with zero attached hydrogens (tertiary/aromatic N) is 3. The number of amides is 1. The second-order valence-electron chi connectivity index (χ2n) is 7.93. The van der Waals surface area contributed by atoms with Crippen LogP contribution in [0.5, 0.6) is 0 Å². The van der Waals surface area contributed by atoms with Crippen molar-refractivity contribution in [2.45, 2.75) is 43.8 Å². The average Bonchev–Trinajstić information content (AvgIpc) is 3.36. The second kappa shape index (κ2) is 10.7. The molecule has 3 aromatic rings. The number of rotatable bonds is 8. The molecule has 0 atom stereocenters. The summed E-state index contributed by atoms with van der Waals surface area (Å²) in [6, 6.07) is 16.5. The fourth-order valence-corrected chi connectivity index (χ4v) is 5.13. The van der Waals surface area contributed by atoms with Crippen molar-refractivity contribution >= 4 is 40.2 Å². The molecule has 1 heterocycles. The maximum Gasteiger partial charge on any atom is 0.326 e. The van der Waals surface area contributed by atoms with Crippen LogP contribution in [0.1, 0.15) is 38.6 Å². The van der Waals surface area contributed by atoms with Gasteiger partial charge in [-0.05, 0) is 44.0 Å². The molecule has 1 saturated carbocycles. The van der Waals surface area contributed by atoms with Crippen LogP contribution in [0.2, 0.25) is 0 Å². The van der Waals surface area contributed by atoms with Gasteiger partial charge in [-0.3, -0.25) is 19.0 Å². The van der Waals surface area contributed by atoms with Crippen LogP contribution in [-0.2, 0) is 14.3 Å². The van der Waals surface area contributed by atoms with Gasteiger partial charge in [0.2, 0.25) is 5.91 Å². The molecule has 1 amide bonds. The normalized spacial score (nSPS) is 13.8. The van der Waals surface area contributed by atoms with Crippen LogP contribution >= 0.6 is 11.8 Å². The van der Waals surface area contributed by atoms with Gasteiger partial charge in [0.15, 0.2) is 5.16 Å². The molecule has 0 unspecified atom stereocenters. The van der Waals surface area contributed by atoms with Gasteiger partial charge in [0.05, 0.1) is 23.3 Å². The van der Waals surface area contributed by atoms with Gasteiger partial charge >= 0.3 is 5.97 Å². The molecule has 172 valence electrons. The lowest BCUT2D eigenvalue weighted by Gasteiger charge is -2.23. The molecule has 0 spiro atoms. The number of ether oxygens (including phenoxy) is 1. The quantitative estimate of drug-likeness (QED) is 0.282. The van der Waals surface area contributed by atoms with Gasteiger partial charge in [-0.25, -0.2) is 4.98 Å². The number of anilines is 1. The average molecular weight is 466 g/mol. The van der Waals surface area contributed by atoms with Crippen LogP contribution in [0, 0.1) is 0 Å². The zero-order valence-corrected chi connectivity index (χ0v) is 19.4. The summed E-state index contributed by atoms with van der Waals surface area (Å²) >= 11 is 1.24. The Morgan fingerprint density at radius 2 is 1.79 bits per heavy atom. The van der Waals surface area contributed by atoms with E-state index in [2.05, 4.69) is 0 Å². The van der Waals surface area contributed by atoms with Crippen molar-refractivity contribution in [1.29, 1.82) is 0 Å². The highest BCUT2D eigenvalue weighted by Crippen LogP contribution is 2.32. The fourth-order valence-electron chi connectivity index (χ4n) is 4.18. The number of hydrogen-bond donors (Lipinski definition) is 0. The van der Waals surface area contributed by atoms with Crippen molar-refractivity contribution in [3.63, 3.8) is 0 Å². The first-order valence-electron chi connectivity index (χ1n) is 11.2. The summed E-state index contributed by atoms with van der Waals surface area (Å²) < 4.78 is 6.83. The van der Waals surface area contributed by atoms with Gasteiger partial charge in [0, 0.05) is 11.7 Å². The summed E-state index contributed by atoms with van der Waals surface area (Å²) in [6.07, 6.45) is 4.02. The Hall–Kier alpha value is -3.13. The van der Waals surface area contributed by atoms with E-state index in [4.69, 9.17) is 9.72 Å². The third-order valence-electron chi connectivity index (χ3n) is 5.75. The monoisotopic (exact) mass is 465 g/mol. The van der Waals surface area contributed by atoms with Crippen molar-refractivity contribution in [3.8, 4) is 0 Å². The van der Waals surface area contributed by atoms with Crippen LogP contribution in [-0.4, -0.2) is 40.3 Å². The molecular formula is C25H27N3O4S. The van der Waals surface area contributed by atoms with Crippen molar-refractivity contribution in [3.05, 3.63) is 65.0 Å². The standard InChI is InChI=1S/C25H27N3O4S/c1-2-32-23(30)16-27(18-10-4-3-5-11-18)22(29)17-33-25-26-21-15-9-8-14-20(21)24(31)28(25)19-12-6-7-13-19/h3-5,8-11,14-15,19H,2,6-7,12-13,16-17H2,1H3. The van der Waals surface area contributed by atoms with Gasteiger partial charge in [-0.2, -0.15) is 0 Å². The van der Waals surface area contributed by atoms with Crippen molar-refractivity contribution in [2.75, 3.05) is 23.8 Å². The minimum atomic E-state index is -0.466. The third kappa shape index (κ3) is 5.27. The van der Waals surface area contributed by atoms with Gasteiger partial charge in [0.1, 0.15) is 6.54 Å². The molecule has 4 rings (SSSR count). The lowest BCUT2D eigenvalue weighted by Crippen LogP contribution is -2.38. The highest BCUT2D eigenvalue weighted by atomic mass is 32.2. The van der Waals surface area contributed by atoms with E-state index in [9.17, 15) is 14.4 Å². The smallest absolute Gasteiger partial charge is 0.326 e. The highest BCUT2D eigenvalue weighted by molar-refractivity contribution is 7.99. The highest BCUT2D eigenvalue weighted by Gasteiger charge is 2.25. The maximum atomic E-state index is 13.3. The Bertz CT molecular complexity index is 1190. The van der Waals surface area contributed by atoms with Crippen molar-refractivity contribution < 1.29 is 14.3 Å². The lowest BCUT2D eigenvalue weighted by molar-refractivity contribution is -0.142. The Balaban J connectivity index is 1.62. The third-order valence-corrected chi connectivity index (χ3v) is 6.69. The molecule has 0 aliphatic heterocycles. The number of hydrogen-bond acceptors (Lipinski definition) is 6. The van der Waals surface area contributed by atoms with E-state index in [1.807, 2.05) is 36.4 Å². The van der Waals surface area contributed by atoms with Crippen LogP contribution in [0.15, 0.2) is 64.5 Å². The number of aromatic nitrogens is 2. The minimum absolute atomic E-state index is 0.0474. The van der Waals surface area contributed by atoms with E-state index < -0.39 is 5.97 Å². The lowest BCUT2D eigenvalue weighted by atomic mass is 10.2. The first-order chi connectivity index (χ1) is 16.1. The van der Waals surface area contributed by atoms with Gasteiger partial charge in [0.25, 0.3) is 5.56 Å². The van der Waals surface area contributed by atoms with Crippen LogP contribution in [0.4, 0.5) is 5.69 Å². The minimum Gasteiger partial charge on any atom is -0.465 e. The summed E-state index contributed by atoms with van der Waals surface area (Å²) in [7, 11) is 0. The number of carbonyl (C=O) groups is 2. The van der Waals surface area contributed by atoms with E-state index in [0.29, 0.717) is 21.7 Å². The summed E-state index contributed by atoms with van der Waals surface area (Å²) in [4.78, 5) is 44.8. The molecule has 1 aliphatic carbocycles. The van der Waals surface area contributed by atoms with E-state index >= 15 is 0 Å². The van der Waals surface area contributed by atoms with E-state index in [0.717, 1.165) is 25.7 Å². The Morgan fingerprint density at radius 1 is 1.09 bits per heavy atom. The SMILES string of the molecule is CCOC(=O)CN(C(=O)CSc1nc2ccccc2c(=O)n1C1CCCC1)c1ccccc1. The van der Waals surface area contributed by atoms with Crippen molar-refractivity contribution in [1.82, 2.24) is 9.55 Å². The first kappa shape index (κ1) is 23.0. The number of esters is 1. The Morgan fingerprint density at radius 3 is 2.52 bits per heavy atom. The predicted molar refractivity (Wildman–Crippen MR) is 130 cm³/mol. The molecule has 1 aliphatic rings. The summed E-state index contributed by atoms with van der Waals surface area (Å²) in [5, 5.41) is 1.14. The number of para-hydroxylation sites is 2. The molecule has 1 aromatic heterocycles. The Kier molecular flexibility index (Phi) is 7.44. The van der Waals surface area contributed by atoms with E-state index in [1.54, 1.807) is 29.7 Å². The summed E-state index contributed by atoms with van der Waals surface area (Å²) in [5.41, 5.74) is 1.18. The molecule has 7 nitrogen and oxygen atoms in total. The second-order valence-corrected chi connectivity index (χ2v) is 8.88. The van der Waals surface area contributed by atoms with Crippen LogP contribution in [0.3, 0.4) is 0 Å². The van der Waals surface area contributed by atoms with E-state index in [1.165, 1.54) is 16.7 Å². The summed E-state index contributed by atoms with van der Waals surface area (Å²) in [5.74, 6) is -0.669. The first-order valence-corrected chi connectivity index (χ1v) is 12.2. The number of fused-ring (bicyclic) bond motifs is 1. The van der Waals surface area contributed by atoms with Gasteiger partial charge in [-0.1, -0.05) is 54.9 Å². The number of carbonyl (C=O) groups excluding carboxylic acids is 2. The molecular weight excluding hydrogens is 438 g/mol. The fraction of sp³-hybridized carbons (Fsp3) is 0.360. The molecule has 0 N–H and O–H groups in total. The zero-order valence-electron chi connectivity index (χ0n) is 18.6. The molecule has 0 bridgehead atoms. The topological polar surface area (TPSA) is 81.5 Å². The molecule has 0 saturated heterocycles. The van der Waals surface area contributed by atoms with Gasteiger partial charge < -0.3 is 9.64 Å². The molecule has 1 fully saturated rings. The van der Waals surface area contributed by atoms with Gasteiger partial charge in [-0.15, -0.1) is 0 Å². The molecule has 0 radical (unpaired) electrons. The number of thioether (sulfide) groups is 1. The van der Waals surface area contributed by atoms with E-state index in [-0.39, 0.29) is 36.4 Å². The summed E-state index contributed by atoms with van der Waals surface area (Å²) in [6.45, 7) is 1.81. The van der Waals surface area contributed by atoms with Crippen LogP contribution < -0.4 is 10.5 Å². The molecule has 33 heavy (non-hydrogen) atoms. The maximum absolute atomic E-state index is 13.3. The molecule has 2 aromatic carbocycles. The van der Waals surface area contributed by atoms with Crippen molar-refractivity contribution in [2.24, 2.45) is 0 Å². The zero-order chi connectivity index (χ0) is 23.2. The number of benzene rings is 2. The molecule has 8 heteroatoms. The predicted octanol–water partition coefficient (Wildman–Crippen LogP) is 4.20.